The highest BCUT2D eigenvalue weighted by atomic mass is 32.2. The van der Waals surface area contributed by atoms with E-state index in [9.17, 15) is 22.7 Å². The van der Waals surface area contributed by atoms with Gasteiger partial charge in [-0.05, 0) is 35.7 Å². The van der Waals surface area contributed by atoms with Crippen molar-refractivity contribution >= 4 is 32.5 Å². The number of carbonyl (C=O) groups is 1. The van der Waals surface area contributed by atoms with Crippen LogP contribution in [0.4, 0.5) is 14.9 Å². The molecule has 9 heteroatoms. The molecule has 1 aromatic heterocycles. The summed E-state index contributed by atoms with van der Waals surface area (Å²) < 4.78 is 39.7. The van der Waals surface area contributed by atoms with Gasteiger partial charge in [-0.1, -0.05) is 39.0 Å². The summed E-state index contributed by atoms with van der Waals surface area (Å²) in [5.41, 5.74) is 0.734. The van der Waals surface area contributed by atoms with Crippen LogP contribution in [0.2, 0.25) is 0 Å². The van der Waals surface area contributed by atoms with Crippen molar-refractivity contribution in [2.45, 2.75) is 36.1 Å². The average molecular weight is 484 g/mol. The molecule has 2 aliphatic rings. The summed E-state index contributed by atoms with van der Waals surface area (Å²) in [4.78, 5) is 20.0. The maximum Gasteiger partial charge on any atom is 0.407 e. The van der Waals surface area contributed by atoms with Gasteiger partial charge in [0.2, 0.25) is 9.84 Å². The third-order valence-electron chi connectivity index (χ3n) is 7.38. The molecule has 7 nitrogen and oxygen atoms in total. The molecule has 2 atom stereocenters. The van der Waals surface area contributed by atoms with E-state index in [0.717, 1.165) is 11.8 Å². The monoisotopic (exact) mass is 483 g/mol. The second kappa shape index (κ2) is 7.40. The van der Waals surface area contributed by atoms with Crippen molar-refractivity contribution in [1.29, 1.82) is 0 Å². The molecule has 34 heavy (non-hydrogen) atoms. The van der Waals surface area contributed by atoms with E-state index in [2.05, 4.69) is 30.7 Å². The molecule has 0 bridgehead atoms. The number of anilines is 1. The van der Waals surface area contributed by atoms with Gasteiger partial charge < -0.3 is 10.0 Å². The summed E-state index contributed by atoms with van der Waals surface area (Å²) in [6.45, 7) is 7.95. The minimum Gasteiger partial charge on any atom is -0.465 e. The van der Waals surface area contributed by atoms with Crippen molar-refractivity contribution < 1.29 is 22.7 Å². The molecular weight excluding hydrogens is 457 g/mol. The van der Waals surface area contributed by atoms with Crippen LogP contribution in [-0.4, -0.2) is 54.7 Å². The molecule has 3 aromatic rings. The van der Waals surface area contributed by atoms with Crippen molar-refractivity contribution in [3.63, 3.8) is 0 Å². The molecule has 0 aliphatic carbocycles. The van der Waals surface area contributed by atoms with E-state index in [-0.39, 0.29) is 21.1 Å². The molecule has 2 saturated heterocycles. The number of hydrogen-bond donors (Lipinski definition) is 1. The zero-order valence-corrected chi connectivity index (χ0v) is 20.0. The molecule has 2 fully saturated rings. The topological polar surface area (TPSA) is 90.8 Å². The molecular formula is C25H26FN3O4S. The molecule has 2 aliphatic heterocycles. The first-order valence-electron chi connectivity index (χ1n) is 11.1. The van der Waals surface area contributed by atoms with Gasteiger partial charge in [0.25, 0.3) is 0 Å². The number of halogens is 1. The fourth-order valence-electron chi connectivity index (χ4n) is 5.67. The Balaban J connectivity index is 1.54. The number of hydrogen-bond acceptors (Lipinski definition) is 5. The van der Waals surface area contributed by atoms with E-state index in [0.29, 0.717) is 30.5 Å². The molecule has 0 spiro atoms. The number of benzene rings is 2. The molecule has 0 saturated carbocycles. The number of nitrogens with zero attached hydrogens (tertiary/aromatic N) is 3. The van der Waals surface area contributed by atoms with Crippen molar-refractivity contribution in [3.8, 4) is 0 Å². The lowest BCUT2D eigenvalue weighted by Crippen LogP contribution is -2.74. The maximum atomic E-state index is 13.6. The van der Waals surface area contributed by atoms with E-state index in [1.807, 2.05) is 12.1 Å². The minimum absolute atomic E-state index is 0.00699. The summed E-state index contributed by atoms with van der Waals surface area (Å²) >= 11 is 0. The van der Waals surface area contributed by atoms with Crippen LogP contribution >= 0.6 is 0 Å². The summed E-state index contributed by atoms with van der Waals surface area (Å²) in [5, 5.41) is 10.4. The second-order valence-corrected chi connectivity index (χ2v) is 12.1. The first-order chi connectivity index (χ1) is 15.9. The van der Waals surface area contributed by atoms with E-state index in [4.69, 9.17) is 0 Å². The van der Waals surface area contributed by atoms with Crippen LogP contribution < -0.4 is 4.90 Å². The number of sulfone groups is 1. The van der Waals surface area contributed by atoms with Gasteiger partial charge in [-0.3, -0.25) is 9.88 Å². The van der Waals surface area contributed by atoms with Crippen LogP contribution in [0.5, 0.6) is 0 Å². The molecule has 1 amide bonds. The molecule has 5 rings (SSSR count). The molecule has 1 N–H and O–H groups in total. The highest BCUT2D eigenvalue weighted by molar-refractivity contribution is 7.91. The molecule has 3 heterocycles. The van der Waals surface area contributed by atoms with E-state index in [1.54, 1.807) is 17.0 Å². The van der Waals surface area contributed by atoms with Gasteiger partial charge in [-0.2, -0.15) is 0 Å². The predicted molar refractivity (Wildman–Crippen MR) is 126 cm³/mol. The number of aromatic nitrogens is 1. The van der Waals surface area contributed by atoms with Crippen LogP contribution in [0, 0.1) is 17.2 Å². The van der Waals surface area contributed by atoms with Crippen molar-refractivity contribution in [2.75, 3.05) is 24.5 Å². The van der Waals surface area contributed by atoms with E-state index >= 15 is 0 Å². The number of carboxylic acid groups (broad SMARTS) is 1. The number of fused-ring (bicyclic) bond motifs is 2. The number of pyridine rings is 1. The smallest absolute Gasteiger partial charge is 0.407 e. The Morgan fingerprint density at radius 1 is 1.12 bits per heavy atom. The second-order valence-electron chi connectivity index (χ2n) is 10.1. The van der Waals surface area contributed by atoms with Gasteiger partial charge >= 0.3 is 6.09 Å². The minimum atomic E-state index is -3.93. The Kier molecular flexibility index (Phi) is 4.91. The third kappa shape index (κ3) is 3.17. The molecule has 1 unspecified atom stereocenters. The SMILES string of the molecule is CC(C)(C)C12CN(c3cccc4cc(S(=O)(=O)c5cccc(F)c5)cnc34)C[C@H]1CN2C(=O)O. The maximum absolute atomic E-state index is 13.6. The van der Waals surface area contributed by atoms with Crippen molar-refractivity contribution in [3.05, 3.63) is 60.5 Å². The van der Waals surface area contributed by atoms with Gasteiger partial charge in [0.15, 0.2) is 0 Å². The zero-order valence-electron chi connectivity index (χ0n) is 19.2. The summed E-state index contributed by atoms with van der Waals surface area (Å²) in [5.74, 6) is -0.421. The quantitative estimate of drug-likeness (QED) is 0.593. The first-order valence-corrected chi connectivity index (χ1v) is 12.6. The van der Waals surface area contributed by atoms with Crippen LogP contribution in [0.1, 0.15) is 20.8 Å². The molecule has 2 aromatic carbocycles. The highest BCUT2D eigenvalue weighted by Crippen LogP contribution is 2.54. The van der Waals surface area contributed by atoms with Gasteiger partial charge in [0, 0.05) is 37.1 Å². The Morgan fingerprint density at radius 3 is 2.53 bits per heavy atom. The fraction of sp³-hybridized carbons (Fsp3) is 0.360. The molecule has 178 valence electrons. The van der Waals surface area contributed by atoms with Gasteiger partial charge in [-0.25, -0.2) is 17.6 Å². The molecule has 0 radical (unpaired) electrons. The number of amides is 1. The Bertz CT molecular complexity index is 1420. The third-order valence-corrected chi connectivity index (χ3v) is 9.10. The van der Waals surface area contributed by atoms with Crippen molar-refractivity contribution in [2.24, 2.45) is 11.3 Å². The van der Waals surface area contributed by atoms with E-state index < -0.39 is 27.3 Å². The Hall–Kier alpha value is -3.20. The lowest BCUT2D eigenvalue weighted by atomic mass is 9.61. The average Bonchev–Trinajstić information content (AvgIpc) is 3.05. The van der Waals surface area contributed by atoms with Gasteiger partial charge in [0.1, 0.15) is 5.82 Å². The lowest BCUT2D eigenvalue weighted by molar-refractivity contribution is -0.0958. The normalized spacial score (nSPS) is 22.5. The Morgan fingerprint density at radius 2 is 1.85 bits per heavy atom. The number of para-hydroxylation sites is 1. The van der Waals surface area contributed by atoms with Crippen molar-refractivity contribution in [1.82, 2.24) is 9.88 Å². The predicted octanol–water partition coefficient (Wildman–Crippen LogP) is 4.42. The fourth-order valence-corrected chi connectivity index (χ4v) is 6.94. The largest absolute Gasteiger partial charge is 0.465 e. The lowest BCUT2D eigenvalue weighted by Gasteiger charge is -2.60. The van der Waals surface area contributed by atoms with Gasteiger partial charge in [0.05, 0.1) is 26.5 Å². The first kappa shape index (κ1) is 22.6. The van der Waals surface area contributed by atoms with Gasteiger partial charge in [-0.15, -0.1) is 0 Å². The summed E-state index contributed by atoms with van der Waals surface area (Å²) in [6.07, 6.45) is 0.399. The van der Waals surface area contributed by atoms with Crippen LogP contribution in [0.25, 0.3) is 10.9 Å². The van der Waals surface area contributed by atoms with Crippen LogP contribution in [-0.2, 0) is 9.84 Å². The summed E-state index contributed by atoms with van der Waals surface area (Å²) in [7, 11) is -3.93. The number of likely N-dealkylation sites (tertiary alicyclic amines) is 1. The van der Waals surface area contributed by atoms with Crippen LogP contribution in [0.3, 0.4) is 0 Å². The summed E-state index contributed by atoms with van der Waals surface area (Å²) in [6, 6.07) is 12.0. The highest BCUT2D eigenvalue weighted by Gasteiger charge is 2.66. The number of rotatable bonds is 3. The van der Waals surface area contributed by atoms with Crippen LogP contribution in [0.15, 0.2) is 64.5 Å². The Labute approximate surface area is 197 Å². The van der Waals surface area contributed by atoms with E-state index in [1.165, 1.54) is 24.4 Å². The zero-order chi connectivity index (χ0) is 24.5. The standard InChI is InChI=1S/C25H26FN3O4S/c1-24(2,3)25-15-28(13-17(25)14-29(25)23(30)31)21-9-4-6-16-10-20(12-27-22(16)21)34(32,33)19-8-5-7-18(26)11-19/h4-12,17H,13-15H2,1-3H3,(H,30,31)/t17-,25?/m0/s1.